The van der Waals surface area contributed by atoms with Gasteiger partial charge in [0.15, 0.2) is 5.17 Å². The van der Waals surface area contributed by atoms with E-state index in [9.17, 15) is 9.59 Å². The number of rotatable bonds is 5. The summed E-state index contributed by atoms with van der Waals surface area (Å²) in [6.07, 6.45) is 0.0457. The summed E-state index contributed by atoms with van der Waals surface area (Å²) in [4.78, 5) is 35.9. The van der Waals surface area contributed by atoms with Crippen molar-refractivity contribution in [2.45, 2.75) is 18.6 Å². The number of benzene rings is 2. The van der Waals surface area contributed by atoms with Gasteiger partial charge in [0.25, 0.3) is 0 Å². The highest BCUT2D eigenvalue weighted by atomic mass is 35.5. The average Bonchev–Trinajstić information content (AvgIpc) is 3.24. The van der Waals surface area contributed by atoms with E-state index in [2.05, 4.69) is 15.3 Å². The summed E-state index contributed by atoms with van der Waals surface area (Å²) in [7, 11) is 0. The number of halogens is 1. The molecule has 1 aromatic heterocycles. The SMILES string of the molecule is CCN1C(=O)C(CC(=O)Nc2ccccc2Cl)SC1=Nc1nc2ccccc2s1. The van der Waals surface area contributed by atoms with Crippen molar-refractivity contribution in [3.05, 3.63) is 53.6 Å². The van der Waals surface area contributed by atoms with Gasteiger partial charge in [-0.3, -0.25) is 14.5 Å². The first-order valence-electron chi connectivity index (χ1n) is 9.02. The van der Waals surface area contributed by atoms with Crippen LogP contribution in [0.3, 0.4) is 0 Å². The summed E-state index contributed by atoms with van der Waals surface area (Å²) in [5.41, 5.74) is 1.41. The van der Waals surface area contributed by atoms with E-state index in [-0.39, 0.29) is 18.2 Å². The molecule has 1 atom stereocenters. The number of hydrogen-bond donors (Lipinski definition) is 1. The summed E-state index contributed by atoms with van der Waals surface area (Å²) in [5, 5.41) is 3.88. The molecule has 1 aliphatic rings. The Morgan fingerprint density at radius 1 is 1.24 bits per heavy atom. The number of aliphatic imine (C=N–C) groups is 1. The maximum atomic E-state index is 12.8. The van der Waals surface area contributed by atoms with Gasteiger partial charge in [-0.2, -0.15) is 4.99 Å². The van der Waals surface area contributed by atoms with E-state index in [0.717, 1.165) is 10.2 Å². The molecule has 9 heteroatoms. The summed E-state index contributed by atoms with van der Waals surface area (Å²) < 4.78 is 1.04. The lowest BCUT2D eigenvalue weighted by Crippen LogP contribution is -2.33. The topological polar surface area (TPSA) is 74.7 Å². The van der Waals surface area contributed by atoms with Crippen LogP contribution in [0, 0.1) is 0 Å². The lowest BCUT2D eigenvalue weighted by molar-refractivity contribution is -0.128. The van der Waals surface area contributed by atoms with Crippen molar-refractivity contribution in [2.24, 2.45) is 4.99 Å². The number of thiazole rings is 1. The van der Waals surface area contributed by atoms with E-state index in [1.54, 1.807) is 29.2 Å². The number of fused-ring (bicyclic) bond motifs is 1. The Balaban J connectivity index is 1.50. The number of aromatic nitrogens is 1. The minimum atomic E-state index is -0.523. The van der Waals surface area contributed by atoms with Gasteiger partial charge in [0, 0.05) is 13.0 Å². The molecule has 0 bridgehead atoms. The van der Waals surface area contributed by atoms with Gasteiger partial charge < -0.3 is 5.32 Å². The quantitative estimate of drug-likeness (QED) is 0.605. The molecule has 2 amide bonds. The van der Waals surface area contributed by atoms with E-state index >= 15 is 0 Å². The lowest BCUT2D eigenvalue weighted by Gasteiger charge is -2.13. The van der Waals surface area contributed by atoms with Gasteiger partial charge in [-0.1, -0.05) is 59.0 Å². The third kappa shape index (κ3) is 4.29. The van der Waals surface area contributed by atoms with Gasteiger partial charge in [-0.25, -0.2) is 4.98 Å². The van der Waals surface area contributed by atoms with E-state index in [0.29, 0.717) is 27.6 Å². The van der Waals surface area contributed by atoms with Crippen LogP contribution in [0.5, 0.6) is 0 Å². The molecule has 2 aromatic carbocycles. The molecule has 2 heterocycles. The van der Waals surface area contributed by atoms with E-state index < -0.39 is 5.25 Å². The molecule has 0 spiro atoms. The van der Waals surface area contributed by atoms with Crippen LogP contribution in [-0.4, -0.2) is 38.7 Å². The van der Waals surface area contributed by atoms with Crippen LogP contribution in [0.15, 0.2) is 53.5 Å². The molecular weight excluding hydrogens is 428 g/mol. The Bertz CT molecular complexity index is 1080. The van der Waals surface area contributed by atoms with Crippen molar-refractivity contribution in [3.8, 4) is 0 Å². The molecule has 29 heavy (non-hydrogen) atoms. The Morgan fingerprint density at radius 3 is 2.76 bits per heavy atom. The third-order valence-electron chi connectivity index (χ3n) is 4.33. The largest absolute Gasteiger partial charge is 0.325 e. The van der Waals surface area contributed by atoms with Crippen molar-refractivity contribution in [1.29, 1.82) is 0 Å². The van der Waals surface area contributed by atoms with Crippen LogP contribution in [0.4, 0.5) is 10.8 Å². The first kappa shape index (κ1) is 19.9. The van der Waals surface area contributed by atoms with Gasteiger partial charge in [-0.05, 0) is 31.2 Å². The molecule has 0 saturated carbocycles. The number of thioether (sulfide) groups is 1. The maximum absolute atomic E-state index is 12.8. The van der Waals surface area contributed by atoms with Crippen LogP contribution < -0.4 is 5.32 Å². The van der Waals surface area contributed by atoms with E-state index in [1.807, 2.05) is 31.2 Å². The third-order valence-corrected chi connectivity index (χ3v) is 6.76. The molecule has 3 aromatic rings. The molecule has 1 fully saturated rings. The number of anilines is 1. The summed E-state index contributed by atoms with van der Waals surface area (Å²) in [6.45, 7) is 2.37. The molecule has 0 aliphatic carbocycles. The summed E-state index contributed by atoms with van der Waals surface area (Å²) in [6, 6.07) is 14.8. The predicted octanol–water partition coefficient (Wildman–Crippen LogP) is 4.93. The van der Waals surface area contributed by atoms with E-state index in [4.69, 9.17) is 11.6 Å². The first-order chi connectivity index (χ1) is 14.0. The fraction of sp³-hybridized carbons (Fsp3) is 0.200. The Hall–Kier alpha value is -2.42. The highest BCUT2D eigenvalue weighted by Crippen LogP contribution is 2.34. The molecular formula is C20H17ClN4O2S2. The molecule has 1 saturated heterocycles. The fourth-order valence-electron chi connectivity index (χ4n) is 2.94. The number of carbonyl (C=O) groups is 2. The van der Waals surface area contributed by atoms with Crippen molar-refractivity contribution in [3.63, 3.8) is 0 Å². The van der Waals surface area contributed by atoms with Gasteiger partial charge in [0.2, 0.25) is 16.9 Å². The van der Waals surface area contributed by atoms with Gasteiger partial charge in [0.05, 0.1) is 20.9 Å². The second-order valence-corrected chi connectivity index (χ2v) is 8.87. The lowest BCUT2D eigenvalue weighted by atomic mass is 10.2. The molecule has 148 valence electrons. The number of nitrogens with one attached hydrogen (secondary N) is 1. The zero-order valence-electron chi connectivity index (χ0n) is 15.5. The highest BCUT2D eigenvalue weighted by Gasteiger charge is 2.38. The maximum Gasteiger partial charge on any atom is 0.242 e. The van der Waals surface area contributed by atoms with Crippen molar-refractivity contribution >= 4 is 72.7 Å². The molecule has 1 unspecified atom stereocenters. The van der Waals surface area contributed by atoms with Crippen LogP contribution in [0.2, 0.25) is 5.02 Å². The van der Waals surface area contributed by atoms with E-state index in [1.165, 1.54) is 23.1 Å². The molecule has 1 N–H and O–H groups in total. The van der Waals surface area contributed by atoms with Crippen molar-refractivity contribution in [1.82, 2.24) is 9.88 Å². The average molecular weight is 445 g/mol. The predicted molar refractivity (Wildman–Crippen MR) is 120 cm³/mol. The number of carbonyl (C=O) groups excluding carboxylic acids is 2. The van der Waals surface area contributed by atoms with Gasteiger partial charge >= 0.3 is 0 Å². The molecule has 0 radical (unpaired) electrons. The fourth-order valence-corrected chi connectivity index (χ4v) is 5.22. The number of hydrogen-bond acceptors (Lipinski definition) is 6. The minimum absolute atomic E-state index is 0.0457. The van der Waals surface area contributed by atoms with Gasteiger partial charge in [-0.15, -0.1) is 0 Å². The standard InChI is InChI=1S/C20H17ClN4O2S2/c1-2-25-18(27)16(11-17(26)22-13-8-4-3-7-12(13)21)29-20(25)24-19-23-14-9-5-6-10-15(14)28-19/h3-10,16H,2,11H2,1H3,(H,22,26). The summed E-state index contributed by atoms with van der Waals surface area (Å²) >= 11 is 8.86. The number of nitrogens with zero attached hydrogens (tertiary/aromatic N) is 3. The highest BCUT2D eigenvalue weighted by molar-refractivity contribution is 8.15. The smallest absolute Gasteiger partial charge is 0.242 e. The molecule has 4 rings (SSSR count). The Morgan fingerprint density at radius 2 is 2.00 bits per heavy atom. The summed E-state index contributed by atoms with van der Waals surface area (Å²) in [5.74, 6) is -0.382. The first-order valence-corrected chi connectivity index (χ1v) is 11.1. The monoisotopic (exact) mass is 444 g/mol. The van der Waals surface area contributed by atoms with Crippen molar-refractivity contribution < 1.29 is 9.59 Å². The number of para-hydroxylation sites is 2. The van der Waals surface area contributed by atoms with Gasteiger partial charge in [0.1, 0.15) is 5.25 Å². The Labute approximate surface area is 181 Å². The van der Waals surface area contributed by atoms with Crippen LogP contribution in [-0.2, 0) is 9.59 Å². The minimum Gasteiger partial charge on any atom is -0.325 e. The zero-order valence-corrected chi connectivity index (χ0v) is 17.9. The van der Waals surface area contributed by atoms with Crippen molar-refractivity contribution in [2.75, 3.05) is 11.9 Å². The van der Waals surface area contributed by atoms with Crippen LogP contribution in [0.25, 0.3) is 10.2 Å². The normalized spacial score (nSPS) is 18.0. The second kappa shape index (κ2) is 8.52. The zero-order chi connectivity index (χ0) is 20.4. The number of amidine groups is 1. The Kier molecular flexibility index (Phi) is 5.84. The molecule has 6 nitrogen and oxygen atoms in total. The van der Waals surface area contributed by atoms with Crippen LogP contribution >= 0.6 is 34.7 Å². The second-order valence-electron chi connectivity index (χ2n) is 6.28. The number of amides is 2. The molecule has 1 aliphatic heterocycles. The van der Waals surface area contributed by atoms with Crippen LogP contribution in [0.1, 0.15) is 13.3 Å².